The van der Waals surface area contributed by atoms with Gasteiger partial charge in [-0.25, -0.2) is 0 Å². The van der Waals surface area contributed by atoms with Crippen LogP contribution in [0.3, 0.4) is 0 Å². The summed E-state index contributed by atoms with van der Waals surface area (Å²) < 4.78 is 11.9. The van der Waals surface area contributed by atoms with Crippen molar-refractivity contribution in [3.63, 3.8) is 0 Å². The zero-order valence-corrected chi connectivity index (χ0v) is 19.5. The van der Waals surface area contributed by atoms with Gasteiger partial charge >= 0.3 is 11.9 Å². The van der Waals surface area contributed by atoms with E-state index in [0.717, 1.165) is 72.1 Å². The molecular formula is C28H34O4. The Kier molecular flexibility index (Phi) is 8.66. The van der Waals surface area contributed by atoms with E-state index in [-0.39, 0.29) is 11.9 Å². The molecule has 0 aliphatic carbocycles. The first-order valence-electron chi connectivity index (χ1n) is 12.0. The summed E-state index contributed by atoms with van der Waals surface area (Å²) in [7, 11) is 0. The SMILES string of the molecule is CCCCCC(=O)Oc1c2ccccc2c(OC(=O)CCCCC)c2cc(CC)ccc12. The van der Waals surface area contributed by atoms with E-state index in [1.165, 1.54) is 0 Å². The molecule has 3 aromatic rings. The second-order valence-electron chi connectivity index (χ2n) is 8.30. The molecule has 0 radical (unpaired) electrons. The minimum Gasteiger partial charge on any atom is -0.425 e. The molecule has 0 fully saturated rings. The maximum absolute atomic E-state index is 12.6. The molecule has 170 valence electrons. The van der Waals surface area contributed by atoms with Gasteiger partial charge in [0, 0.05) is 34.4 Å². The number of fused-ring (bicyclic) bond motifs is 2. The summed E-state index contributed by atoms with van der Waals surface area (Å²) in [5.41, 5.74) is 1.14. The van der Waals surface area contributed by atoms with Crippen molar-refractivity contribution in [1.82, 2.24) is 0 Å². The third-order valence-electron chi connectivity index (χ3n) is 5.80. The Bertz CT molecular complexity index is 1080. The lowest BCUT2D eigenvalue weighted by Crippen LogP contribution is -2.10. The Morgan fingerprint density at radius 3 is 1.66 bits per heavy atom. The van der Waals surface area contributed by atoms with Gasteiger partial charge in [0.25, 0.3) is 0 Å². The Labute approximate surface area is 190 Å². The van der Waals surface area contributed by atoms with Gasteiger partial charge in [0.15, 0.2) is 0 Å². The molecule has 0 aliphatic heterocycles. The van der Waals surface area contributed by atoms with Crippen molar-refractivity contribution in [3.05, 3.63) is 48.0 Å². The lowest BCUT2D eigenvalue weighted by molar-refractivity contribution is -0.135. The normalized spacial score (nSPS) is 11.1. The molecule has 0 saturated heterocycles. The van der Waals surface area contributed by atoms with Crippen molar-refractivity contribution in [3.8, 4) is 11.5 Å². The minimum absolute atomic E-state index is 0.226. The summed E-state index contributed by atoms with van der Waals surface area (Å²) >= 11 is 0. The molecular weight excluding hydrogens is 400 g/mol. The molecule has 0 bridgehead atoms. The third kappa shape index (κ3) is 5.67. The first-order valence-corrected chi connectivity index (χ1v) is 12.0. The van der Waals surface area contributed by atoms with Crippen molar-refractivity contribution in [2.45, 2.75) is 78.6 Å². The van der Waals surface area contributed by atoms with Crippen LogP contribution < -0.4 is 9.47 Å². The minimum atomic E-state index is -0.228. The number of unbranched alkanes of at least 4 members (excludes halogenated alkanes) is 4. The molecule has 3 rings (SSSR count). The monoisotopic (exact) mass is 434 g/mol. The van der Waals surface area contributed by atoms with Crippen molar-refractivity contribution in [2.24, 2.45) is 0 Å². The van der Waals surface area contributed by atoms with Crippen LogP contribution in [-0.2, 0) is 16.0 Å². The summed E-state index contributed by atoms with van der Waals surface area (Å²) in [6.07, 6.45) is 7.40. The number of ether oxygens (including phenoxy) is 2. The number of hydrogen-bond acceptors (Lipinski definition) is 4. The number of aryl methyl sites for hydroxylation is 1. The fourth-order valence-electron chi connectivity index (χ4n) is 3.95. The van der Waals surface area contributed by atoms with E-state index in [4.69, 9.17) is 9.47 Å². The maximum atomic E-state index is 12.6. The van der Waals surface area contributed by atoms with Crippen LogP contribution >= 0.6 is 0 Å². The quantitative estimate of drug-likeness (QED) is 0.135. The summed E-state index contributed by atoms with van der Waals surface area (Å²) in [5.74, 6) is 0.647. The Hall–Kier alpha value is -2.88. The van der Waals surface area contributed by atoms with Gasteiger partial charge in [0.1, 0.15) is 11.5 Å². The number of carbonyl (C=O) groups excluding carboxylic acids is 2. The van der Waals surface area contributed by atoms with Crippen molar-refractivity contribution < 1.29 is 19.1 Å². The van der Waals surface area contributed by atoms with Gasteiger partial charge in [-0.05, 0) is 30.9 Å². The number of rotatable bonds is 11. The van der Waals surface area contributed by atoms with Crippen LogP contribution in [0.2, 0.25) is 0 Å². The van der Waals surface area contributed by atoms with Crippen LogP contribution in [0, 0.1) is 0 Å². The van der Waals surface area contributed by atoms with Gasteiger partial charge in [-0.3, -0.25) is 9.59 Å². The van der Waals surface area contributed by atoms with Crippen LogP contribution in [-0.4, -0.2) is 11.9 Å². The molecule has 0 heterocycles. The Morgan fingerprint density at radius 2 is 1.16 bits per heavy atom. The molecule has 3 aromatic carbocycles. The highest BCUT2D eigenvalue weighted by Gasteiger charge is 2.20. The second-order valence-corrected chi connectivity index (χ2v) is 8.30. The van der Waals surface area contributed by atoms with Crippen LogP contribution in [0.15, 0.2) is 42.5 Å². The first kappa shape index (κ1) is 23.8. The highest BCUT2D eigenvalue weighted by Crippen LogP contribution is 2.43. The molecule has 0 N–H and O–H groups in total. The molecule has 0 aliphatic rings. The maximum Gasteiger partial charge on any atom is 0.311 e. The predicted octanol–water partition coefficient (Wildman–Crippen LogP) is 7.53. The zero-order chi connectivity index (χ0) is 22.9. The van der Waals surface area contributed by atoms with Crippen LogP contribution in [0.25, 0.3) is 21.5 Å². The lowest BCUT2D eigenvalue weighted by atomic mass is 9.98. The molecule has 0 aromatic heterocycles. The van der Waals surface area contributed by atoms with E-state index in [9.17, 15) is 9.59 Å². The predicted molar refractivity (Wildman–Crippen MR) is 130 cm³/mol. The molecule has 4 nitrogen and oxygen atoms in total. The molecule has 32 heavy (non-hydrogen) atoms. The summed E-state index contributed by atoms with van der Waals surface area (Å²) in [5, 5.41) is 3.17. The Balaban J connectivity index is 2.09. The van der Waals surface area contributed by atoms with E-state index in [1.807, 2.05) is 42.5 Å². The highest BCUT2D eigenvalue weighted by atomic mass is 16.5. The van der Waals surface area contributed by atoms with E-state index in [1.54, 1.807) is 0 Å². The molecule has 0 unspecified atom stereocenters. The number of benzene rings is 3. The van der Waals surface area contributed by atoms with Gasteiger partial charge in [0.2, 0.25) is 0 Å². The highest BCUT2D eigenvalue weighted by molar-refractivity contribution is 6.12. The van der Waals surface area contributed by atoms with Crippen molar-refractivity contribution in [2.75, 3.05) is 0 Å². The van der Waals surface area contributed by atoms with Gasteiger partial charge in [-0.1, -0.05) is 82.9 Å². The largest absolute Gasteiger partial charge is 0.425 e. The van der Waals surface area contributed by atoms with Gasteiger partial charge < -0.3 is 9.47 Å². The molecule has 0 saturated carbocycles. The molecule has 0 amide bonds. The second kappa shape index (κ2) is 11.7. The van der Waals surface area contributed by atoms with Gasteiger partial charge in [-0.15, -0.1) is 0 Å². The van der Waals surface area contributed by atoms with Gasteiger partial charge in [0.05, 0.1) is 0 Å². The molecule has 0 spiro atoms. The average Bonchev–Trinajstić information content (AvgIpc) is 2.81. The third-order valence-corrected chi connectivity index (χ3v) is 5.80. The van der Waals surface area contributed by atoms with Crippen LogP contribution in [0.4, 0.5) is 0 Å². The summed E-state index contributed by atoms with van der Waals surface area (Å²) in [4.78, 5) is 25.2. The van der Waals surface area contributed by atoms with Gasteiger partial charge in [-0.2, -0.15) is 0 Å². The fraction of sp³-hybridized carbons (Fsp3) is 0.429. The van der Waals surface area contributed by atoms with E-state index in [2.05, 4.69) is 20.8 Å². The lowest BCUT2D eigenvalue weighted by Gasteiger charge is -2.17. The fourth-order valence-corrected chi connectivity index (χ4v) is 3.95. The van der Waals surface area contributed by atoms with Crippen LogP contribution in [0.5, 0.6) is 11.5 Å². The van der Waals surface area contributed by atoms with Crippen molar-refractivity contribution >= 4 is 33.5 Å². The van der Waals surface area contributed by atoms with E-state index >= 15 is 0 Å². The average molecular weight is 435 g/mol. The Morgan fingerprint density at radius 1 is 0.656 bits per heavy atom. The van der Waals surface area contributed by atoms with Crippen LogP contribution in [0.1, 0.15) is 77.7 Å². The number of hydrogen-bond donors (Lipinski definition) is 0. The molecule has 4 heteroatoms. The van der Waals surface area contributed by atoms with E-state index < -0.39 is 0 Å². The van der Waals surface area contributed by atoms with E-state index in [0.29, 0.717) is 24.3 Å². The zero-order valence-electron chi connectivity index (χ0n) is 19.5. The first-order chi connectivity index (χ1) is 15.6. The van der Waals surface area contributed by atoms with Crippen molar-refractivity contribution in [1.29, 1.82) is 0 Å². The molecule has 0 atom stereocenters. The summed E-state index contributed by atoms with van der Waals surface area (Å²) in [6, 6.07) is 13.7. The number of esters is 2. The topological polar surface area (TPSA) is 52.6 Å². The standard InChI is InChI=1S/C28H34O4/c1-4-7-9-15-25(29)31-27-21-13-11-12-14-22(21)28(32-26(30)16-10-8-5-2)24-19-20(6-3)17-18-23(24)27/h11-14,17-19H,4-10,15-16H2,1-3H3. The smallest absolute Gasteiger partial charge is 0.311 e. The number of carbonyl (C=O) groups is 2. The summed E-state index contributed by atoms with van der Waals surface area (Å²) in [6.45, 7) is 6.31.